The Balaban J connectivity index is 2.17. The summed E-state index contributed by atoms with van der Waals surface area (Å²) in [7, 11) is 0. The highest BCUT2D eigenvalue weighted by Gasteiger charge is 2.27. The minimum Gasteiger partial charge on any atom is -0.390 e. The fraction of sp³-hybridized carbons (Fsp3) is 0.533. The number of amides is 1. The Bertz CT molecular complexity index is 485. The number of aryl methyl sites for hydroxylation is 1. The summed E-state index contributed by atoms with van der Waals surface area (Å²) >= 11 is 3.41. The van der Waals surface area contributed by atoms with Crippen molar-refractivity contribution in [2.24, 2.45) is 0 Å². The van der Waals surface area contributed by atoms with Crippen molar-refractivity contribution in [2.45, 2.75) is 38.7 Å². The molecule has 1 aliphatic rings. The van der Waals surface area contributed by atoms with Crippen LogP contribution in [0.2, 0.25) is 0 Å². The first kappa shape index (κ1) is 14.5. The molecule has 1 aromatic rings. The first-order valence-corrected chi connectivity index (χ1v) is 7.46. The molecule has 2 rings (SSSR count). The summed E-state index contributed by atoms with van der Waals surface area (Å²) in [6, 6.07) is 5.77. The summed E-state index contributed by atoms with van der Waals surface area (Å²) < 4.78 is 0.920. The van der Waals surface area contributed by atoms with E-state index in [4.69, 9.17) is 0 Å². The number of carbonyl (C=O) groups is 1. The molecule has 4 heteroatoms. The average molecular weight is 326 g/mol. The predicted molar refractivity (Wildman–Crippen MR) is 79.3 cm³/mol. The Hall–Kier alpha value is -0.870. The number of rotatable bonds is 1. The molecule has 1 atom stereocenters. The van der Waals surface area contributed by atoms with Crippen molar-refractivity contribution in [3.63, 3.8) is 0 Å². The normalized spacial score (nSPS) is 24.1. The van der Waals surface area contributed by atoms with Crippen LogP contribution in [0.1, 0.15) is 42.1 Å². The van der Waals surface area contributed by atoms with Crippen LogP contribution < -0.4 is 0 Å². The van der Waals surface area contributed by atoms with Crippen molar-refractivity contribution >= 4 is 21.8 Å². The van der Waals surface area contributed by atoms with E-state index in [9.17, 15) is 9.90 Å². The maximum Gasteiger partial charge on any atom is 0.254 e. The molecule has 19 heavy (non-hydrogen) atoms. The molecule has 0 radical (unpaired) electrons. The summed E-state index contributed by atoms with van der Waals surface area (Å²) in [5.74, 6) is 0.0662. The number of hydrogen-bond donors (Lipinski definition) is 1. The fourth-order valence-electron chi connectivity index (χ4n) is 2.46. The van der Waals surface area contributed by atoms with Crippen LogP contribution in [0.3, 0.4) is 0 Å². The molecule has 0 spiro atoms. The third-order valence-corrected chi connectivity index (χ3v) is 4.27. The quantitative estimate of drug-likeness (QED) is 0.861. The molecule has 0 bridgehead atoms. The van der Waals surface area contributed by atoms with E-state index in [0.717, 1.165) is 35.0 Å². The SMILES string of the molecule is Cc1ccc(Br)cc1C(=O)N1CCCC(C)(O)CC1. The molecule has 1 unspecified atom stereocenters. The lowest BCUT2D eigenvalue weighted by molar-refractivity contribution is 0.0438. The molecule has 1 aromatic carbocycles. The zero-order chi connectivity index (χ0) is 14.0. The van der Waals surface area contributed by atoms with E-state index in [2.05, 4.69) is 15.9 Å². The third-order valence-electron chi connectivity index (χ3n) is 3.78. The molecule has 1 heterocycles. The number of carbonyl (C=O) groups excluding carboxylic acids is 1. The van der Waals surface area contributed by atoms with Gasteiger partial charge in [-0.25, -0.2) is 0 Å². The van der Waals surface area contributed by atoms with Crippen LogP contribution in [0.4, 0.5) is 0 Å². The molecule has 1 amide bonds. The topological polar surface area (TPSA) is 40.5 Å². The zero-order valence-electron chi connectivity index (χ0n) is 11.4. The summed E-state index contributed by atoms with van der Waals surface area (Å²) in [4.78, 5) is 14.4. The molecule has 0 aliphatic carbocycles. The summed E-state index contributed by atoms with van der Waals surface area (Å²) in [6.07, 6.45) is 2.26. The van der Waals surface area contributed by atoms with E-state index in [1.54, 1.807) is 0 Å². The maximum atomic E-state index is 12.6. The van der Waals surface area contributed by atoms with Crippen LogP contribution in [0, 0.1) is 6.92 Å². The van der Waals surface area contributed by atoms with E-state index >= 15 is 0 Å². The Labute approximate surface area is 122 Å². The lowest BCUT2D eigenvalue weighted by Gasteiger charge is -2.23. The van der Waals surface area contributed by atoms with Crippen molar-refractivity contribution in [3.05, 3.63) is 33.8 Å². The van der Waals surface area contributed by atoms with E-state index in [1.807, 2.05) is 36.9 Å². The largest absolute Gasteiger partial charge is 0.390 e. The Kier molecular flexibility index (Phi) is 4.31. The number of halogens is 1. The van der Waals surface area contributed by atoms with Crippen molar-refractivity contribution in [1.29, 1.82) is 0 Å². The summed E-state index contributed by atoms with van der Waals surface area (Å²) in [5, 5.41) is 10.1. The number of nitrogens with zero attached hydrogens (tertiary/aromatic N) is 1. The third kappa shape index (κ3) is 3.57. The van der Waals surface area contributed by atoms with Crippen LogP contribution in [0.15, 0.2) is 22.7 Å². The number of aliphatic hydroxyl groups is 1. The van der Waals surface area contributed by atoms with Crippen molar-refractivity contribution in [2.75, 3.05) is 13.1 Å². The van der Waals surface area contributed by atoms with Gasteiger partial charge in [0.2, 0.25) is 0 Å². The van der Waals surface area contributed by atoms with Crippen LogP contribution in [0.5, 0.6) is 0 Å². The highest BCUT2D eigenvalue weighted by molar-refractivity contribution is 9.10. The summed E-state index contributed by atoms with van der Waals surface area (Å²) in [6.45, 7) is 5.15. The van der Waals surface area contributed by atoms with Gasteiger partial charge in [-0.2, -0.15) is 0 Å². The second-order valence-corrected chi connectivity index (χ2v) is 6.52. The van der Waals surface area contributed by atoms with E-state index in [1.165, 1.54) is 0 Å². The second kappa shape index (κ2) is 5.63. The van der Waals surface area contributed by atoms with Crippen molar-refractivity contribution in [3.8, 4) is 0 Å². The molecular formula is C15H20BrNO2. The molecule has 1 saturated heterocycles. The fourth-order valence-corrected chi connectivity index (χ4v) is 2.82. The molecular weight excluding hydrogens is 306 g/mol. The lowest BCUT2D eigenvalue weighted by Crippen LogP contribution is -2.33. The minimum atomic E-state index is -0.638. The van der Waals surface area contributed by atoms with Crippen LogP contribution in [0.25, 0.3) is 0 Å². The smallest absolute Gasteiger partial charge is 0.254 e. The van der Waals surface area contributed by atoms with Gasteiger partial charge in [0.25, 0.3) is 5.91 Å². The van der Waals surface area contributed by atoms with Crippen molar-refractivity contribution in [1.82, 2.24) is 4.90 Å². The number of hydrogen-bond acceptors (Lipinski definition) is 2. The molecule has 3 nitrogen and oxygen atoms in total. The van der Waals surface area contributed by atoms with Gasteiger partial charge in [-0.05, 0) is 50.8 Å². The van der Waals surface area contributed by atoms with Crippen LogP contribution in [-0.4, -0.2) is 34.6 Å². The lowest BCUT2D eigenvalue weighted by atomic mass is 9.98. The van der Waals surface area contributed by atoms with Gasteiger partial charge in [0.1, 0.15) is 0 Å². The monoisotopic (exact) mass is 325 g/mol. The van der Waals surface area contributed by atoms with Gasteiger partial charge in [0.15, 0.2) is 0 Å². The highest BCUT2D eigenvalue weighted by atomic mass is 79.9. The van der Waals surface area contributed by atoms with Gasteiger partial charge in [-0.3, -0.25) is 4.79 Å². The van der Waals surface area contributed by atoms with Crippen LogP contribution >= 0.6 is 15.9 Å². The molecule has 1 N–H and O–H groups in total. The number of likely N-dealkylation sites (tertiary alicyclic amines) is 1. The molecule has 0 saturated carbocycles. The van der Waals surface area contributed by atoms with E-state index in [0.29, 0.717) is 13.0 Å². The van der Waals surface area contributed by atoms with Gasteiger partial charge in [-0.15, -0.1) is 0 Å². The molecule has 1 aliphatic heterocycles. The minimum absolute atomic E-state index is 0.0662. The van der Waals surface area contributed by atoms with E-state index in [-0.39, 0.29) is 5.91 Å². The molecule has 0 aromatic heterocycles. The second-order valence-electron chi connectivity index (χ2n) is 5.60. The van der Waals surface area contributed by atoms with Gasteiger partial charge in [0.05, 0.1) is 5.60 Å². The maximum absolute atomic E-state index is 12.6. The molecule has 1 fully saturated rings. The van der Waals surface area contributed by atoms with Gasteiger partial charge >= 0.3 is 0 Å². The first-order valence-electron chi connectivity index (χ1n) is 6.67. The van der Waals surface area contributed by atoms with Gasteiger partial charge in [-0.1, -0.05) is 22.0 Å². The zero-order valence-corrected chi connectivity index (χ0v) is 13.0. The van der Waals surface area contributed by atoms with Gasteiger partial charge in [0, 0.05) is 23.1 Å². The van der Waals surface area contributed by atoms with Crippen molar-refractivity contribution < 1.29 is 9.90 Å². The number of benzene rings is 1. The standard InChI is InChI=1S/C15H20BrNO2/c1-11-4-5-12(16)10-13(11)14(18)17-8-3-6-15(2,19)7-9-17/h4-5,10,19H,3,6-9H2,1-2H3. The average Bonchev–Trinajstić information content (AvgIpc) is 2.52. The van der Waals surface area contributed by atoms with Gasteiger partial charge < -0.3 is 10.0 Å². The first-order chi connectivity index (χ1) is 8.89. The molecule has 104 valence electrons. The van der Waals surface area contributed by atoms with E-state index < -0.39 is 5.60 Å². The van der Waals surface area contributed by atoms with Crippen LogP contribution in [-0.2, 0) is 0 Å². The highest BCUT2D eigenvalue weighted by Crippen LogP contribution is 2.24. The predicted octanol–water partition coefficient (Wildman–Crippen LogP) is 3.13. The Morgan fingerprint density at radius 1 is 1.37 bits per heavy atom. The summed E-state index contributed by atoms with van der Waals surface area (Å²) in [5.41, 5.74) is 1.10. The Morgan fingerprint density at radius 3 is 2.84 bits per heavy atom. The Morgan fingerprint density at radius 2 is 2.11 bits per heavy atom.